The summed E-state index contributed by atoms with van der Waals surface area (Å²) in [6.45, 7) is 2.93. The number of hydrogen-bond acceptors (Lipinski definition) is 5. The molecule has 1 unspecified atom stereocenters. The second-order valence-corrected chi connectivity index (χ2v) is 7.55. The van der Waals surface area contributed by atoms with Gasteiger partial charge in [0, 0.05) is 25.1 Å². The first kappa shape index (κ1) is 20.3. The van der Waals surface area contributed by atoms with E-state index in [2.05, 4.69) is 34.7 Å². The third-order valence-electron chi connectivity index (χ3n) is 5.11. The van der Waals surface area contributed by atoms with E-state index in [0.29, 0.717) is 37.1 Å². The van der Waals surface area contributed by atoms with Crippen LogP contribution < -0.4 is 5.32 Å². The molecule has 0 radical (unpaired) electrons. The van der Waals surface area contributed by atoms with Crippen LogP contribution in [0.15, 0.2) is 65.2 Å². The first-order valence-electron chi connectivity index (χ1n) is 10.3. The van der Waals surface area contributed by atoms with Crippen molar-refractivity contribution in [1.82, 2.24) is 10.5 Å². The van der Waals surface area contributed by atoms with Gasteiger partial charge in [-0.1, -0.05) is 53.7 Å². The Kier molecular flexibility index (Phi) is 6.90. The molecule has 1 aliphatic rings. The molecule has 3 aromatic rings. The Hall–Kier alpha value is -2.96. The maximum atomic E-state index is 12.1. The van der Waals surface area contributed by atoms with E-state index in [1.54, 1.807) is 6.07 Å². The van der Waals surface area contributed by atoms with E-state index in [9.17, 15) is 4.79 Å². The minimum absolute atomic E-state index is 0.0552. The smallest absolute Gasteiger partial charge is 0.226 e. The van der Waals surface area contributed by atoms with Gasteiger partial charge in [-0.05, 0) is 29.2 Å². The van der Waals surface area contributed by atoms with Crippen LogP contribution in [0.4, 0.5) is 0 Å². The summed E-state index contributed by atoms with van der Waals surface area (Å²) in [7, 11) is 0. The number of benzene rings is 2. The third kappa shape index (κ3) is 5.78. The SMILES string of the molecule is O=C(Cc1cc(COCc2cccc(-c3ccccc3)c2)on1)NCC1CCOC1. The minimum atomic E-state index is -0.0552. The molecule has 0 spiro atoms. The number of hydrogen-bond donors (Lipinski definition) is 1. The Balaban J connectivity index is 1.22. The van der Waals surface area contributed by atoms with Crippen molar-refractivity contribution < 1.29 is 18.8 Å². The highest BCUT2D eigenvalue weighted by molar-refractivity contribution is 5.78. The van der Waals surface area contributed by atoms with Gasteiger partial charge in [0.2, 0.25) is 5.91 Å². The first-order valence-corrected chi connectivity index (χ1v) is 10.3. The molecule has 156 valence electrons. The Morgan fingerprint density at radius 2 is 1.93 bits per heavy atom. The van der Waals surface area contributed by atoms with Crippen LogP contribution in [0.25, 0.3) is 11.1 Å². The van der Waals surface area contributed by atoms with Crippen LogP contribution >= 0.6 is 0 Å². The van der Waals surface area contributed by atoms with E-state index in [0.717, 1.165) is 30.8 Å². The summed E-state index contributed by atoms with van der Waals surface area (Å²) in [6.07, 6.45) is 1.20. The predicted molar refractivity (Wildman–Crippen MR) is 113 cm³/mol. The number of carbonyl (C=O) groups is 1. The summed E-state index contributed by atoms with van der Waals surface area (Å²) < 4.78 is 16.4. The zero-order valence-corrected chi connectivity index (χ0v) is 16.9. The summed E-state index contributed by atoms with van der Waals surface area (Å²) in [5.41, 5.74) is 4.04. The molecule has 4 rings (SSSR count). The molecule has 30 heavy (non-hydrogen) atoms. The number of rotatable bonds is 9. The Morgan fingerprint density at radius 1 is 1.07 bits per heavy atom. The highest BCUT2D eigenvalue weighted by atomic mass is 16.5. The molecule has 1 aromatic heterocycles. The molecule has 2 aromatic carbocycles. The molecule has 0 aliphatic carbocycles. The van der Waals surface area contributed by atoms with Crippen LogP contribution in [0.5, 0.6) is 0 Å². The van der Waals surface area contributed by atoms with Gasteiger partial charge in [0.05, 0.1) is 25.3 Å². The van der Waals surface area contributed by atoms with Crippen LogP contribution in [0.3, 0.4) is 0 Å². The van der Waals surface area contributed by atoms with Gasteiger partial charge in [0.15, 0.2) is 5.76 Å². The zero-order chi connectivity index (χ0) is 20.6. The average molecular weight is 406 g/mol. The Labute approximate surface area is 176 Å². The lowest BCUT2D eigenvalue weighted by atomic mass is 10.0. The van der Waals surface area contributed by atoms with Gasteiger partial charge in [-0.25, -0.2) is 0 Å². The second kappa shape index (κ2) is 10.2. The molecule has 1 aliphatic heterocycles. The van der Waals surface area contributed by atoms with E-state index in [-0.39, 0.29) is 12.3 Å². The molecular weight excluding hydrogens is 380 g/mol. The fourth-order valence-corrected chi connectivity index (χ4v) is 3.48. The highest BCUT2D eigenvalue weighted by Gasteiger charge is 2.17. The molecule has 0 saturated carbocycles. The van der Waals surface area contributed by atoms with Gasteiger partial charge in [0.1, 0.15) is 6.61 Å². The molecule has 1 N–H and O–H groups in total. The number of aromatic nitrogens is 1. The lowest BCUT2D eigenvalue weighted by Crippen LogP contribution is -2.30. The monoisotopic (exact) mass is 406 g/mol. The van der Waals surface area contributed by atoms with Gasteiger partial charge < -0.3 is 19.3 Å². The van der Waals surface area contributed by atoms with Crippen LogP contribution in [-0.4, -0.2) is 30.8 Å². The molecule has 6 nitrogen and oxygen atoms in total. The van der Waals surface area contributed by atoms with E-state index >= 15 is 0 Å². The zero-order valence-electron chi connectivity index (χ0n) is 16.9. The van der Waals surface area contributed by atoms with Gasteiger partial charge in [0.25, 0.3) is 0 Å². The molecular formula is C24H26N2O4. The van der Waals surface area contributed by atoms with Crippen molar-refractivity contribution in [3.8, 4) is 11.1 Å². The summed E-state index contributed by atoms with van der Waals surface area (Å²) in [4.78, 5) is 12.1. The van der Waals surface area contributed by atoms with Crippen molar-refractivity contribution in [2.75, 3.05) is 19.8 Å². The van der Waals surface area contributed by atoms with Gasteiger partial charge in [-0.2, -0.15) is 0 Å². The number of nitrogens with zero attached hydrogens (tertiary/aromatic N) is 1. The summed E-state index contributed by atoms with van der Waals surface area (Å²) in [6, 6.07) is 20.3. The molecule has 2 heterocycles. The second-order valence-electron chi connectivity index (χ2n) is 7.55. The third-order valence-corrected chi connectivity index (χ3v) is 5.11. The minimum Gasteiger partial charge on any atom is -0.381 e. The van der Waals surface area contributed by atoms with E-state index < -0.39 is 0 Å². The number of carbonyl (C=O) groups excluding carboxylic acids is 1. The number of amides is 1. The van der Waals surface area contributed by atoms with Crippen LogP contribution in [0.1, 0.15) is 23.4 Å². The fraction of sp³-hybridized carbons (Fsp3) is 0.333. The molecule has 1 saturated heterocycles. The maximum Gasteiger partial charge on any atom is 0.226 e. The average Bonchev–Trinajstić information content (AvgIpc) is 3.45. The quantitative estimate of drug-likeness (QED) is 0.586. The van der Waals surface area contributed by atoms with Crippen molar-refractivity contribution in [1.29, 1.82) is 0 Å². The van der Waals surface area contributed by atoms with E-state index in [1.807, 2.05) is 30.3 Å². The van der Waals surface area contributed by atoms with Crippen LogP contribution in [0, 0.1) is 5.92 Å². The molecule has 1 fully saturated rings. The predicted octanol–water partition coefficient (Wildman–Crippen LogP) is 3.75. The first-order chi connectivity index (χ1) is 14.8. The van der Waals surface area contributed by atoms with Crippen molar-refractivity contribution in [3.63, 3.8) is 0 Å². The van der Waals surface area contributed by atoms with Crippen molar-refractivity contribution in [2.45, 2.75) is 26.1 Å². The van der Waals surface area contributed by atoms with Gasteiger partial charge >= 0.3 is 0 Å². The summed E-state index contributed by atoms with van der Waals surface area (Å²) >= 11 is 0. The molecule has 0 bridgehead atoms. The van der Waals surface area contributed by atoms with Crippen molar-refractivity contribution in [2.24, 2.45) is 5.92 Å². The van der Waals surface area contributed by atoms with Gasteiger partial charge in [-0.15, -0.1) is 0 Å². The fourth-order valence-electron chi connectivity index (χ4n) is 3.48. The van der Waals surface area contributed by atoms with E-state index in [1.165, 1.54) is 5.56 Å². The Bertz CT molecular complexity index is 949. The number of ether oxygens (including phenoxy) is 2. The lowest BCUT2D eigenvalue weighted by Gasteiger charge is -2.08. The Morgan fingerprint density at radius 3 is 2.77 bits per heavy atom. The summed E-state index contributed by atoms with van der Waals surface area (Å²) in [5.74, 6) is 0.970. The van der Waals surface area contributed by atoms with Crippen molar-refractivity contribution in [3.05, 3.63) is 77.7 Å². The van der Waals surface area contributed by atoms with Gasteiger partial charge in [-0.3, -0.25) is 4.79 Å². The summed E-state index contributed by atoms with van der Waals surface area (Å²) in [5, 5.41) is 6.91. The largest absolute Gasteiger partial charge is 0.381 e. The number of nitrogens with one attached hydrogen (secondary N) is 1. The topological polar surface area (TPSA) is 73.6 Å². The van der Waals surface area contributed by atoms with Crippen LogP contribution in [0.2, 0.25) is 0 Å². The maximum absolute atomic E-state index is 12.1. The highest BCUT2D eigenvalue weighted by Crippen LogP contribution is 2.20. The molecule has 1 atom stereocenters. The van der Waals surface area contributed by atoms with Crippen LogP contribution in [-0.2, 0) is 33.9 Å². The normalized spacial score (nSPS) is 15.9. The van der Waals surface area contributed by atoms with Crippen molar-refractivity contribution >= 4 is 5.91 Å². The lowest BCUT2D eigenvalue weighted by molar-refractivity contribution is -0.120. The standard InChI is InChI=1S/C24H26N2O4/c27-24(25-14-19-9-10-28-16-19)13-22-12-23(30-26-22)17-29-15-18-5-4-8-21(11-18)20-6-2-1-3-7-20/h1-8,11-12,19H,9-10,13-17H2,(H,25,27). The molecule has 6 heteroatoms. The van der Waals surface area contributed by atoms with E-state index in [4.69, 9.17) is 14.0 Å². The molecule has 1 amide bonds.